The van der Waals surface area contributed by atoms with E-state index in [0.717, 1.165) is 23.4 Å². The molecule has 2 N–H and O–H groups in total. The highest BCUT2D eigenvalue weighted by Gasteiger charge is 2.25. The molecule has 1 fully saturated rings. The first kappa shape index (κ1) is 19.6. The Balaban J connectivity index is 1.73. The predicted octanol–water partition coefficient (Wildman–Crippen LogP) is 4.23. The molecule has 1 saturated heterocycles. The second kappa shape index (κ2) is 7.85. The molecule has 0 bridgehead atoms. The highest BCUT2D eigenvalue weighted by Crippen LogP contribution is 2.30. The summed E-state index contributed by atoms with van der Waals surface area (Å²) in [6.07, 6.45) is 1.36. The number of nitrogens with zero attached hydrogens (tertiary/aromatic N) is 2. The average molecular weight is 385 g/mol. The zero-order valence-corrected chi connectivity index (χ0v) is 15.7. The Hall–Kier alpha value is -3.14. The molecule has 0 radical (unpaired) electrons. The van der Waals surface area contributed by atoms with Gasteiger partial charge in [-0.2, -0.15) is 5.26 Å². The van der Waals surface area contributed by atoms with Crippen LogP contribution in [0.5, 0.6) is 0 Å². The molecule has 5 nitrogen and oxygen atoms in total. The van der Waals surface area contributed by atoms with Crippen molar-refractivity contribution in [2.45, 2.75) is 32.7 Å². The van der Waals surface area contributed by atoms with E-state index in [1.54, 1.807) is 17.9 Å². The largest absolute Gasteiger partial charge is 0.478 e. The lowest BCUT2D eigenvalue weighted by atomic mass is 10.00. The molecule has 0 saturated carbocycles. The molecule has 1 aliphatic rings. The summed E-state index contributed by atoms with van der Waals surface area (Å²) in [7, 11) is 0. The highest BCUT2D eigenvalue weighted by molar-refractivity contribution is 5.91. The number of carbonyl (C=O) groups is 1. The van der Waals surface area contributed by atoms with Gasteiger partial charge in [0.15, 0.2) is 5.82 Å². The van der Waals surface area contributed by atoms with Gasteiger partial charge in [-0.15, -0.1) is 0 Å². The zero-order chi connectivity index (χ0) is 20.4. The van der Waals surface area contributed by atoms with Crippen LogP contribution < -0.4 is 10.2 Å². The number of anilines is 2. The van der Waals surface area contributed by atoms with E-state index >= 15 is 0 Å². The first-order chi connectivity index (χ1) is 13.3. The molecular weight excluding hydrogens is 364 g/mol. The maximum absolute atomic E-state index is 14.2. The van der Waals surface area contributed by atoms with Crippen molar-refractivity contribution in [2.24, 2.45) is 0 Å². The molecule has 0 aliphatic carbocycles. The van der Waals surface area contributed by atoms with E-state index < -0.39 is 17.6 Å². The SMILES string of the molecule is Cc1cc(C)c(C(=O)O)cc1NC1CCN(c2c(F)cc(F)cc2C#N)CC1. The molecule has 0 amide bonds. The van der Waals surface area contributed by atoms with Crippen molar-refractivity contribution in [1.29, 1.82) is 5.26 Å². The molecule has 3 rings (SSSR count). The number of piperidine rings is 1. The van der Waals surface area contributed by atoms with Crippen molar-refractivity contribution in [3.8, 4) is 6.07 Å². The Morgan fingerprint density at radius 1 is 1.18 bits per heavy atom. The van der Waals surface area contributed by atoms with Gasteiger partial charge in [-0.1, -0.05) is 6.07 Å². The molecule has 28 heavy (non-hydrogen) atoms. The standard InChI is InChI=1S/C21H21F2N3O2/c1-12-7-13(2)19(10-17(12)21(27)28)25-16-3-5-26(6-4-16)20-14(11-24)8-15(22)9-18(20)23/h7-10,16,25H,3-6H2,1-2H3,(H,27,28). The van der Waals surface area contributed by atoms with E-state index in [4.69, 9.17) is 0 Å². The number of halogens is 2. The number of nitriles is 1. The van der Waals surface area contributed by atoms with Crippen LogP contribution in [0.3, 0.4) is 0 Å². The Kier molecular flexibility index (Phi) is 5.50. The maximum atomic E-state index is 14.2. The molecular formula is C21H21F2N3O2. The Bertz CT molecular complexity index is 961. The summed E-state index contributed by atoms with van der Waals surface area (Å²) in [4.78, 5) is 13.1. The summed E-state index contributed by atoms with van der Waals surface area (Å²) in [5, 5.41) is 21.9. The molecule has 0 unspecified atom stereocenters. The van der Waals surface area contributed by atoms with E-state index in [-0.39, 0.29) is 22.9 Å². The minimum atomic E-state index is -0.966. The van der Waals surface area contributed by atoms with Gasteiger partial charge in [-0.3, -0.25) is 0 Å². The van der Waals surface area contributed by atoms with Crippen LogP contribution in [0.2, 0.25) is 0 Å². The van der Waals surface area contributed by atoms with Crippen LogP contribution in [-0.4, -0.2) is 30.2 Å². The molecule has 0 atom stereocenters. The molecule has 1 aliphatic heterocycles. The van der Waals surface area contributed by atoms with Crippen LogP contribution in [0, 0.1) is 36.8 Å². The molecule has 146 valence electrons. The molecule has 7 heteroatoms. The Labute approximate surface area is 162 Å². The van der Waals surface area contributed by atoms with Crippen molar-refractivity contribution in [2.75, 3.05) is 23.3 Å². The summed E-state index contributed by atoms with van der Waals surface area (Å²) in [5.74, 6) is -2.46. The van der Waals surface area contributed by atoms with Gasteiger partial charge in [0.05, 0.1) is 16.8 Å². The Morgan fingerprint density at radius 3 is 2.46 bits per heavy atom. The van der Waals surface area contributed by atoms with Gasteiger partial charge in [-0.25, -0.2) is 13.6 Å². The number of rotatable bonds is 4. The van der Waals surface area contributed by atoms with Gasteiger partial charge in [0.25, 0.3) is 0 Å². The minimum absolute atomic E-state index is 0.00983. The van der Waals surface area contributed by atoms with Crippen molar-refractivity contribution < 1.29 is 18.7 Å². The third-order valence-corrected chi connectivity index (χ3v) is 5.12. The number of aryl methyl sites for hydroxylation is 2. The fraction of sp³-hybridized carbons (Fsp3) is 0.333. The lowest BCUT2D eigenvalue weighted by molar-refractivity contribution is 0.0696. The summed E-state index contributed by atoms with van der Waals surface area (Å²) in [6.45, 7) is 4.70. The first-order valence-electron chi connectivity index (χ1n) is 9.05. The van der Waals surface area contributed by atoms with Crippen molar-refractivity contribution >= 4 is 17.3 Å². The van der Waals surface area contributed by atoms with Crippen LogP contribution in [0.15, 0.2) is 24.3 Å². The smallest absolute Gasteiger partial charge is 0.336 e. The van der Waals surface area contributed by atoms with Crippen molar-refractivity contribution in [3.05, 3.63) is 58.2 Å². The van der Waals surface area contributed by atoms with Gasteiger partial charge in [0.1, 0.15) is 11.9 Å². The molecule has 0 spiro atoms. The summed E-state index contributed by atoms with van der Waals surface area (Å²) in [5.41, 5.74) is 2.83. The quantitative estimate of drug-likeness (QED) is 0.824. The molecule has 1 heterocycles. The monoisotopic (exact) mass is 385 g/mol. The fourth-order valence-electron chi connectivity index (χ4n) is 3.68. The van der Waals surface area contributed by atoms with Crippen molar-refractivity contribution in [3.63, 3.8) is 0 Å². The van der Waals surface area contributed by atoms with Gasteiger partial charge in [0, 0.05) is 30.9 Å². The van der Waals surface area contributed by atoms with Gasteiger partial charge in [-0.05, 0) is 49.9 Å². The number of benzene rings is 2. The normalized spacial score (nSPS) is 14.6. The maximum Gasteiger partial charge on any atom is 0.336 e. The van der Waals surface area contributed by atoms with Gasteiger partial charge in [0.2, 0.25) is 0 Å². The third kappa shape index (κ3) is 3.91. The second-order valence-electron chi connectivity index (χ2n) is 7.09. The molecule has 2 aromatic rings. The van der Waals surface area contributed by atoms with E-state index in [1.807, 2.05) is 19.1 Å². The number of nitrogens with one attached hydrogen (secondary N) is 1. The summed E-state index contributed by atoms with van der Waals surface area (Å²) >= 11 is 0. The topological polar surface area (TPSA) is 76.4 Å². The number of carboxylic acids is 1. The van der Waals surface area contributed by atoms with Crippen LogP contribution in [0.1, 0.15) is 39.9 Å². The third-order valence-electron chi connectivity index (χ3n) is 5.12. The Morgan fingerprint density at radius 2 is 1.86 bits per heavy atom. The predicted molar refractivity (Wildman–Crippen MR) is 103 cm³/mol. The minimum Gasteiger partial charge on any atom is -0.478 e. The van der Waals surface area contributed by atoms with Crippen LogP contribution in [0.25, 0.3) is 0 Å². The van der Waals surface area contributed by atoms with Crippen LogP contribution >= 0.6 is 0 Å². The zero-order valence-electron chi connectivity index (χ0n) is 15.7. The number of hydrogen-bond acceptors (Lipinski definition) is 4. The number of aromatic carboxylic acids is 1. The summed E-state index contributed by atoms with van der Waals surface area (Å²) in [6, 6.07) is 7.28. The van der Waals surface area contributed by atoms with E-state index in [2.05, 4.69) is 5.32 Å². The van der Waals surface area contributed by atoms with Gasteiger partial charge >= 0.3 is 5.97 Å². The average Bonchev–Trinajstić information content (AvgIpc) is 2.63. The lowest BCUT2D eigenvalue weighted by Gasteiger charge is -2.35. The number of carboxylic acid groups (broad SMARTS) is 1. The van der Waals surface area contributed by atoms with E-state index in [1.165, 1.54) is 0 Å². The van der Waals surface area contributed by atoms with Crippen molar-refractivity contribution in [1.82, 2.24) is 0 Å². The van der Waals surface area contributed by atoms with Crippen LogP contribution in [-0.2, 0) is 0 Å². The number of hydrogen-bond donors (Lipinski definition) is 2. The van der Waals surface area contributed by atoms with E-state index in [0.29, 0.717) is 31.5 Å². The van der Waals surface area contributed by atoms with Gasteiger partial charge < -0.3 is 15.3 Å². The molecule has 2 aromatic carbocycles. The lowest BCUT2D eigenvalue weighted by Crippen LogP contribution is -2.40. The highest BCUT2D eigenvalue weighted by atomic mass is 19.1. The molecule has 0 aromatic heterocycles. The fourth-order valence-corrected chi connectivity index (χ4v) is 3.68. The summed E-state index contributed by atoms with van der Waals surface area (Å²) < 4.78 is 27.6. The van der Waals surface area contributed by atoms with E-state index in [9.17, 15) is 23.9 Å². The van der Waals surface area contributed by atoms with Crippen LogP contribution in [0.4, 0.5) is 20.2 Å². The first-order valence-corrected chi connectivity index (χ1v) is 9.05. The second-order valence-corrected chi connectivity index (χ2v) is 7.09.